The second kappa shape index (κ2) is 6.73. The molecule has 21 heavy (non-hydrogen) atoms. The first-order valence-corrected chi connectivity index (χ1v) is 8.17. The zero-order valence-corrected chi connectivity index (χ0v) is 14.2. The smallest absolute Gasteiger partial charge is 0.225 e. The van der Waals surface area contributed by atoms with Crippen molar-refractivity contribution in [2.24, 2.45) is 0 Å². The van der Waals surface area contributed by atoms with E-state index in [2.05, 4.69) is 49.9 Å². The standard InChI is InChI=1S/C17H30N4/c1-13-14(12-19-17(2,3)4)11-18-16(20-13)21(5)15-9-7-6-8-10-15/h11,15,19H,6-10,12H2,1-5H3. The van der Waals surface area contributed by atoms with E-state index in [1.165, 1.54) is 37.7 Å². The first-order valence-electron chi connectivity index (χ1n) is 8.17. The molecule has 1 saturated carbocycles. The summed E-state index contributed by atoms with van der Waals surface area (Å²) in [7, 11) is 2.14. The molecule has 0 aliphatic heterocycles. The van der Waals surface area contributed by atoms with E-state index in [1.807, 2.05) is 6.20 Å². The van der Waals surface area contributed by atoms with Gasteiger partial charge in [-0.25, -0.2) is 9.97 Å². The third-order valence-electron chi connectivity index (χ3n) is 4.32. The SMILES string of the molecule is Cc1nc(N(C)C2CCCCC2)ncc1CNC(C)(C)C. The molecule has 0 atom stereocenters. The molecule has 1 heterocycles. The van der Waals surface area contributed by atoms with Crippen molar-refractivity contribution in [2.45, 2.75) is 77.9 Å². The number of nitrogens with zero attached hydrogens (tertiary/aromatic N) is 3. The fourth-order valence-electron chi connectivity index (χ4n) is 2.82. The molecule has 1 aromatic heterocycles. The summed E-state index contributed by atoms with van der Waals surface area (Å²) in [6.07, 6.45) is 8.57. The van der Waals surface area contributed by atoms with Gasteiger partial charge in [-0.3, -0.25) is 0 Å². The fraction of sp³-hybridized carbons (Fsp3) is 0.765. The maximum atomic E-state index is 4.72. The van der Waals surface area contributed by atoms with Crippen molar-refractivity contribution in [1.82, 2.24) is 15.3 Å². The lowest BCUT2D eigenvalue weighted by molar-refractivity contribution is 0.420. The third kappa shape index (κ3) is 4.67. The zero-order valence-electron chi connectivity index (χ0n) is 14.2. The first-order chi connectivity index (χ1) is 9.87. The number of rotatable bonds is 4. The summed E-state index contributed by atoms with van der Waals surface area (Å²) < 4.78 is 0. The van der Waals surface area contributed by atoms with E-state index < -0.39 is 0 Å². The van der Waals surface area contributed by atoms with Gasteiger partial charge < -0.3 is 10.2 Å². The molecule has 0 radical (unpaired) electrons. The van der Waals surface area contributed by atoms with E-state index in [1.54, 1.807) is 0 Å². The van der Waals surface area contributed by atoms with Gasteiger partial charge in [0.25, 0.3) is 0 Å². The average molecular weight is 290 g/mol. The van der Waals surface area contributed by atoms with E-state index in [4.69, 9.17) is 4.98 Å². The fourth-order valence-corrected chi connectivity index (χ4v) is 2.82. The summed E-state index contributed by atoms with van der Waals surface area (Å²) in [5.41, 5.74) is 2.38. The molecule has 118 valence electrons. The second-order valence-electron chi connectivity index (χ2n) is 7.29. The normalized spacial score (nSPS) is 17.0. The second-order valence-corrected chi connectivity index (χ2v) is 7.29. The average Bonchev–Trinajstić information content (AvgIpc) is 2.45. The van der Waals surface area contributed by atoms with Gasteiger partial charge in [0.1, 0.15) is 0 Å². The Balaban J connectivity index is 2.03. The van der Waals surface area contributed by atoms with Crippen LogP contribution in [0.25, 0.3) is 0 Å². The van der Waals surface area contributed by atoms with Crippen LogP contribution in [-0.4, -0.2) is 28.6 Å². The van der Waals surface area contributed by atoms with Gasteiger partial charge in [-0.15, -0.1) is 0 Å². The number of anilines is 1. The van der Waals surface area contributed by atoms with Crippen LogP contribution in [0.5, 0.6) is 0 Å². The summed E-state index contributed by atoms with van der Waals surface area (Å²) >= 11 is 0. The lowest BCUT2D eigenvalue weighted by Gasteiger charge is -2.31. The molecule has 1 aliphatic rings. The Labute approximate surface area is 129 Å². The number of nitrogens with one attached hydrogen (secondary N) is 1. The molecule has 0 bridgehead atoms. The Morgan fingerprint density at radius 1 is 1.24 bits per heavy atom. The van der Waals surface area contributed by atoms with Crippen molar-refractivity contribution in [1.29, 1.82) is 0 Å². The van der Waals surface area contributed by atoms with Gasteiger partial charge in [-0.05, 0) is 40.5 Å². The van der Waals surface area contributed by atoms with Crippen LogP contribution in [0.1, 0.15) is 64.1 Å². The highest BCUT2D eigenvalue weighted by Gasteiger charge is 2.20. The quantitative estimate of drug-likeness (QED) is 0.922. The van der Waals surface area contributed by atoms with Crippen LogP contribution in [0.2, 0.25) is 0 Å². The van der Waals surface area contributed by atoms with E-state index >= 15 is 0 Å². The molecule has 0 saturated heterocycles. The van der Waals surface area contributed by atoms with Crippen molar-refractivity contribution in [2.75, 3.05) is 11.9 Å². The Kier molecular flexibility index (Phi) is 5.20. The molecule has 1 fully saturated rings. The molecule has 0 aromatic carbocycles. The Hall–Kier alpha value is -1.16. The minimum Gasteiger partial charge on any atom is -0.341 e. The van der Waals surface area contributed by atoms with Crippen molar-refractivity contribution < 1.29 is 0 Å². The maximum absolute atomic E-state index is 4.72. The molecule has 4 nitrogen and oxygen atoms in total. The van der Waals surface area contributed by atoms with Crippen molar-refractivity contribution >= 4 is 5.95 Å². The largest absolute Gasteiger partial charge is 0.341 e. The molecular weight excluding hydrogens is 260 g/mol. The third-order valence-corrected chi connectivity index (χ3v) is 4.32. The van der Waals surface area contributed by atoms with Crippen molar-refractivity contribution in [3.8, 4) is 0 Å². The van der Waals surface area contributed by atoms with Gasteiger partial charge in [0.15, 0.2) is 0 Å². The maximum Gasteiger partial charge on any atom is 0.225 e. The van der Waals surface area contributed by atoms with E-state index in [0.29, 0.717) is 6.04 Å². The number of aryl methyl sites for hydroxylation is 1. The van der Waals surface area contributed by atoms with Crippen LogP contribution >= 0.6 is 0 Å². The molecule has 4 heteroatoms. The van der Waals surface area contributed by atoms with Crippen LogP contribution in [0.4, 0.5) is 5.95 Å². The van der Waals surface area contributed by atoms with E-state index in [0.717, 1.165) is 18.2 Å². The number of hydrogen-bond donors (Lipinski definition) is 1. The predicted octanol–water partition coefficient (Wildman–Crippen LogP) is 3.44. The summed E-state index contributed by atoms with van der Waals surface area (Å²) in [5.74, 6) is 0.874. The molecule has 0 amide bonds. The molecule has 1 aliphatic carbocycles. The van der Waals surface area contributed by atoms with Crippen LogP contribution in [0, 0.1) is 6.92 Å². The molecule has 2 rings (SSSR count). The highest BCUT2D eigenvalue weighted by atomic mass is 15.3. The Bertz CT molecular complexity index is 458. The van der Waals surface area contributed by atoms with Gasteiger partial charge in [-0.2, -0.15) is 0 Å². The van der Waals surface area contributed by atoms with Crippen molar-refractivity contribution in [3.05, 3.63) is 17.5 Å². The van der Waals surface area contributed by atoms with Crippen molar-refractivity contribution in [3.63, 3.8) is 0 Å². The summed E-state index contributed by atoms with van der Waals surface area (Å²) in [6.45, 7) is 9.43. The minimum absolute atomic E-state index is 0.115. The number of hydrogen-bond acceptors (Lipinski definition) is 4. The lowest BCUT2D eigenvalue weighted by Crippen LogP contribution is -2.36. The highest BCUT2D eigenvalue weighted by molar-refractivity contribution is 5.33. The first kappa shape index (κ1) is 16.2. The topological polar surface area (TPSA) is 41.1 Å². The highest BCUT2D eigenvalue weighted by Crippen LogP contribution is 2.24. The van der Waals surface area contributed by atoms with Crippen LogP contribution < -0.4 is 10.2 Å². The van der Waals surface area contributed by atoms with Gasteiger partial charge in [-0.1, -0.05) is 19.3 Å². The van der Waals surface area contributed by atoms with Crippen LogP contribution in [0.15, 0.2) is 6.20 Å². The summed E-state index contributed by atoms with van der Waals surface area (Å²) in [4.78, 5) is 11.6. The molecule has 0 unspecified atom stereocenters. The summed E-state index contributed by atoms with van der Waals surface area (Å²) in [6, 6.07) is 0.608. The monoisotopic (exact) mass is 290 g/mol. The van der Waals surface area contributed by atoms with Gasteiger partial charge in [0, 0.05) is 42.6 Å². The van der Waals surface area contributed by atoms with E-state index in [-0.39, 0.29) is 5.54 Å². The molecule has 1 aromatic rings. The van der Waals surface area contributed by atoms with Crippen LogP contribution in [-0.2, 0) is 6.54 Å². The minimum atomic E-state index is 0.115. The lowest BCUT2D eigenvalue weighted by atomic mass is 9.95. The van der Waals surface area contributed by atoms with E-state index in [9.17, 15) is 0 Å². The molecule has 0 spiro atoms. The summed E-state index contributed by atoms with van der Waals surface area (Å²) in [5, 5.41) is 3.50. The molecule has 1 N–H and O–H groups in total. The van der Waals surface area contributed by atoms with Gasteiger partial charge in [0.2, 0.25) is 5.95 Å². The molecular formula is C17H30N4. The Morgan fingerprint density at radius 3 is 2.48 bits per heavy atom. The zero-order chi connectivity index (χ0) is 15.5. The number of aromatic nitrogens is 2. The van der Waals surface area contributed by atoms with Gasteiger partial charge >= 0.3 is 0 Å². The Morgan fingerprint density at radius 2 is 1.90 bits per heavy atom. The van der Waals surface area contributed by atoms with Gasteiger partial charge in [0.05, 0.1) is 0 Å². The predicted molar refractivity (Wildman–Crippen MR) is 88.6 cm³/mol. The van der Waals surface area contributed by atoms with Crippen LogP contribution in [0.3, 0.4) is 0 Å².